The summed E-state index contributed by atoms with van der Waals surface area (Å²) in [4.78, 5) is 17.4. The number of likely N-dealkylation sites (N-methyl/N-ethyl adjacent to an activating group) is 1. The third-order valence-electron chi connectivity index (χ3n) is 3.14. The van der Waals surface area contributed by atoms with Crippen molar-refractivity contribution in [2.45, 2.75) is 25.5 Å². The molecule has 0 aromatic carbocycles. The molecular weight excluding hydrogens is 411 g/mol. The SMILES string of the molecule is C=CCNC(=NCC(=O)N(C)C)NC(C)COC1CCOC1.I. The predicted molar refractivity (Wildman–Crippen MR) is 102 cm³/mol. The van der Waals surface area contributed by atoms with E-state index < -0.39 is 0 Å². The Morgan fingerprint density at radius 2 is 2.30 bits per heavy atom. The number of aliphatic imine (C=N–C) groups is 1. The van der Waals surface area contributed by atoms with Crippen molar-refractivity contribution in [3.05, 3.63) is 12.7 Å². The molecule has 0 spiro atoms. The van der Waals surface area contributed by atoms with Crippen molar-refractivity contribution in [1.82, 2.24) is 15.5 Å². The number of guanidine groups is 1. The Balaban J connectivity index is 0.00000484. The molecule has 1 heterocycles. The minimum Gasteiger partial charge on any atom is -0.379 e. The highest BCUT2D eigenvalue weighted by molar-refractivity contribution is 14.0. The Bertz CT molecular complexity index is 385. The zero-order valence-electron chi connectivity index (χ0n) is 14.2. The monoisotopic (exact) mass is 440 g/mol. The minimum absolute atomic E-state index is 0. The summed E-state index contributed by atoms with van der Waals surface area (Å²) in [5.41, 5.74) is 0. The van der Waals surface area contributed by atoms with Gasteiger partial charge >= 0.3 is 0 Å². The van der Waals surface area contributed by atoms with Gasteiger partial charge in [0, 0.05) is 33.3 Å². The van der Waals surface area contributed by atoms with Crippen molar-refractivity contribution in [2.75, 3.05) is 47.0 Å². The van der Waals surface area contributed by atoms with Gasteiger partial charge in [-0.3, -0.25) is 4.79 Å². The summed E-state index contributed by atoms with van der Waals surface area (Å²) in [6.45, 7) is 8.35. The van der Waals surface area contributed by atoms with Crippen LogP contribution in [0.1, 0.15) is 13.3 Å². The maximum absolute atomic E-state index is 11.6. The molecule has 1 rings (SSSR count). The topological polar surface area (TPSA) is 75.2 Å². The first-order chi connectivity index (χ1) is 10.5. The number of rotatable bonds is 8. The first kappa shape index (κ1) is 22.1. The lowest BCUT2D eigenvalue weighted by molar-refractivity contribution is -0.127. The summed E-state index contributed by atoms with van der Waals surface area (Å²) in [6, 6.07) is 0.0751. The Hall–Kier alpha value is -0.870. The summed E-state index contributed by atoms with van der Waals surface area (Å²) in [5, 5.41) is 6.32. The quantitative estimate of drug-likeness (QED) is 0.251. The van der Waals surface area contributed by atoms with E-state index in [0.717, 1.165) is 13.0 Å². The Morgan fingerprint density at radius 3 is 2.87 bits per heavy atom. The second kappa shape index (κ2) is 12.5. The summed E-state index contributed by atoms with van der Waals surface area (Å²) in [5.74, 6) is 0.528. The molecular formula is C15H29IN4O3. The molecule has 23 heavy (non-hydrogen) atoms. The van der Waals surface area contributed by atoms with Crippen molar-refractivity contribution in [3.8, 4) is 0 Å². The summed E-state index contributed by atoms with van der Waals surface area (Å²) >= 11 is 0. The van der Waals surface area contributed by atoms with Crippen molar-refractivity contribution in [1.29, 1.82) is 0 Å². The molecule has 0 aromatic heterocycles. The molecule has 2 atom stereocenters. The van der Waals surface area contributed by atoms with Crippen molar-refractivity contribution in [2.24, 2.45) is 4.99 Å². The highest BCUT2D eigenvalue weighted by atomic mass is 127. The Morgan fingerprint density at radius 1 is 1.57 bits per heavy atom. The van der Waals surface area contributed by atoms with E-state index in [2.05, 4.69) is 22.2 Å². The van der Waals surface area contributed by atoms with Gasteiger partial charge in [-0.15, -0.1) is 30.6 Å². The molecule has 0 aromatic rings. The van der Waals surface area contributed by atoms with Crippen LogP contribution in [-0.4, -0.2) is 75.9 Å². The lowest BCUT2D eigenvalue weighted by Crippen LogP contribution is -2.45. The number of ether oxygens (including phenoxy) is 2. The summed E-state index contributed by atoms with van der Waals surface area (Å²) < 4.78 is 11.0. The van der Waals surface area contributed by atoms with Crippen LogP contribution >= 0.6 is 24.0 Å². The van der Waals surface area contributed by atoms with Crippen molar-refractivity contribution < 1.29 is 14.3 Å². The molecule has 1 aliphatic heterocycles. The molecule has 0 radical (unpaired) electrons. The highest BCUT2D eigenvalue weighted by Gasteiger charge is 2.17. The fourth-order valence-corrected chi connectivity index (χ4v) is 1.81. The van der Waals surface area contributed by atoms with E-state index in [1.165, 1.54) is 4.90 Å². The van der Waals surface area contributed by atoms with E-state index in [9.17, 15) is 4.79 Å². The lowest BCUT2D eigenvalue weighted by Gasteiger charge is -2.20. The minimum atomic E-state index is -0.0493. The van der Waals surface area contributed by atoms with Gasteiger partial charge in [0.1, 0.15) is 6.54 Å². The zero-order chi connectivity index (χ0) is 16.4. The molecule has 1 aliphatic rings. The molecule has 0 saturated carbocycles. The van der Waals surface area contributed by atoms with Gasteiger partial charge < -0.3 is 25.0 Å². The second-order valence-corrected chi connectivity index (χ2v) is 5.49. The number of nitrogens with one attached hydrogen (secondary N) is 2. The van der Waals surface area contributed by atoms with Gasteiger partial charge in [-0.1, -0.05) is 6.08 Å². The van der Waals surface area contributed by atoms with E-state index in [1.54, 1.807) is 20.2 Å². The highest BCUT2D eigenvalue weighted by Crippen LogP contribution is 2.08. The molecule has 1 amide bonds. The second-order valence-electron chi connectivity index (χ2n) is 5.49. The number of hydrogen-bond donors (Lipinski definition) is 2. The predicted octanol–water partition coefficient (Wildman–Crippen LogP) is 0.608. The van der Waals surface area contributed by atoms with Crippen LogP contribution in [0.4, 0.5) is 0 Å². The molecule has 1 fully saturated rings. The van der Waals surface area contributed by atoms with Gasteiger partial charge in [-0.25, -0.2) is 4.99 Å². The van der Waals surface area contributed by atoms with Gasteiger partial charge in [0.2, 0.25) is 5.91 Å². The number of carbonyl (C=O) groups excluding carboxylic acids is 1. The molecule has 2 unspecified atom stereocenters. The zero-order valence-corrected chi connectivity index (χ0v) is 16.5. The Kier molecular flexibility index (Phi) is 12.1. The van der Waals surface area contributed by atoms with Crippen LogP contribution in [0.3, 0.4) is 0 Å². The van der Waals surface area contributed by atoms with Crippen LogP contribution in [0.25, 0.3) is 0 Å². The number of carbonyl (C=O) groups is 1. The van der Waals surface area contributed by atoms with Crippen LogP contribution in [-0.2, 0) is 14.3 Å². The van der Waals surface area contributed by atoms with Gasteiger partial charge in [0.25, 0.3) is 0 Å². The Labute approximate surface area is 155 Å². The smallest absolute Gasteiger partial charge is 0.243 e. The first-order valence-corrected chi connectivity index (χ1v) is 7.58. The van der Waals surface area contributed by atoms with Crippen LogP contribution < -0.4 is 10.6 Å². The first-order valence-electron chi connectivity index (χ1n) is 7.58. The number of hydrogen-bond acceptors (Lipinski definition) is 4. The summed E-state index contributed by atoms with van der Waals surface area (Å²) in [6.07, 6.45) is 2.86. The van der Waals surface area contributed by atoms with Crippen molar-refractivity contribution >= 4 is 35.8 Å². The third kappa shape index (κ3) is 9.77. The maximum Gasteiger partial charge on any atom is 0.243 e. The molecule has 134 valence electrons. The molecule has 7 nitrogen and oxygen atoms in total. The van der Waals surface area contributed by atoms with E-state index in [4.69, 9.17) is 9.47 Å². The van der Waals surface area contributed by atoms with E-state index >= 15 is 0 Å². The van der Waals surface area contributed by atoms with Gasteiger partial charge in [-0.05, 0) is 13.3 Å². The maximum atomic E-state index is 11.6. The largest absolute Gasteiger partial charge is 0.379 e. The average Bonchev–Trinajstić information content (AvgIpc) is 3.00. The lowest BCUT2D eigenvalue weighted by atomic mass is 10.3. The fourth-order valence-electron chi connectivity index (χ4n) is 1.81. The molecule has 0 aliphatic carbocycles. The van der Waals surface area contributed by atoms with E-state index in [-0.39, 0.29) is 48.6 Å². The van der Waals surface area contributed by atoms with Crippen LogP contribution in [0.5, 0.6) is 0 Å². The van der Waals surface area contributed by atoms with E-state index in [1.807, 2.05) is 6.92 Å². The number of amides is 1. The van der Waals surface area contributed by atoms with E-state index in [0.29, 0.717) is 25.7 Å². The average molecular weight is 440 g/mol. The number of nitrogens with zero attached hydrogens (tertiary/aromatic N) is 2. The third-order valence-corrected chi connectivity index (χ3v) is 3.14. The van der Waals surface area contributed by atoms with Gasteiger partial charge in [-0.2, -0.15) is 0 Å². The van der Waals surface area contributed by atoms with Gasteiger partial charge in [0.15, 0.2) is 5.96 Å². The molecule has 1 saturated heterocycles. The summed E-state index contributed by atoms with van der Waals surface area (Å²) in [7, 11) is 3.42. The fraction of sp³-hybridized carbons (Fsp3) is 0.733. The molecule has 2 N–H and O–H groups in total. The van der Waals surface area contributed by atoms with Crippen LogP contribution in [0.15, 0.2) is 17.6 Å². The molecule has 8 heteroatoms. The van der Waals surface area contributed by atoms with Crippen LogP contribution in [0.2, 0.25) is 0 Å². The number of halogens is 1. The standard InChI is InChI=1S/C15H28N4O3.HI/c1-5-7-16-15(17-9-14(20)19(3)4)18-12(2)10-22-13-6-8-21-11-13;/h5,12-13H,1,6-11H2,2-4H3,(H2,16,17,18);1H. The van der Waals surface area contributed by atoms with Crippen molar-refractivity contribution in [3.63, 3.8) is 0 Å². The van der Waals surface area contributed by atoms with Gasteiger partial charge in [0.05, 0.1) is 19.3 Å². The normalized spacial score (nSPS) is 18.7. The molecule has 0 bridgehead atoms. The van der Waals surface area contributed by atoms with Crippen LogP contribution in [0, 0.1) is 0 Å².